The maximum Gasteiger partial charge on any atom is 0.254 e. The molecule has 0 N–H and O–H groups in total. The van der Waals surface area contributed by atoms with Crippen molar-refractivity contribution < 1.29 is 19.0 Å². The van der Waals surface area contributed by atoms with Gasteiger partial charge in [-0.15, -0.1) is 0 Å². The molecule has 0 radical (unpaired) electrons. The molecular weight excluding hydrogens is 306 g/mol. The Bertz CT molecular complexity index is 729. The van der Waals surface area contributed by atoms with Gasteiger partial charge >= 0.3 is 0 Å². The maximum absolute atomic E-state index is 12.8. The van der Waals surface area contributed by atoms with Crippen molar-refractivity contribution in [1.29, 1.82) is 0 Å². The number of rotatable bonds is 5. The number of benzene rings is 2. The van der Waals surface area contributed by atoms with Crippen LogP contribution in [0.4, 0.5) is 0 Å². The summed E-state index contributed by atoms with van der Waals surface area (Å²) in [6, 6.07) is 13.0. The normalized spacial score (nSPS) is 12.6. The highest BCUT2D eigenvalue weighted by Crippen LogP contribution is 2.31. The van der Waals surface area contributed by atoms with E-state index in [0.29, 0.717) is 37.6 Å². The van der Waals surface area contributed by atoms with Crippen molar-refractivity contribution in [2.45, 2.75) is 13.5 Å². The molecule has 5 heteroatoms. The van der Waals surface area contributed by atoms with E-state index < -0.39 is 0 Å². The lowest BCUT2D eigenvalue weighted by Gasteiger charge is -2.23. The molecule has 0 atom stereocenters. The van der Waals surface area contributed by atoms with Crippen molar-refractivity contribution >= 4 is 5.91 Å². The molecule has 1 amide bonds. The highest BCUT2D eigenvalue weighted by Gasteiger charge is 2.17. The van der Waals surface area contributed by atoms with Gasteiger partial charge in [0.25, 0.3) is 5.91 Å². The van der Waals surface area contributed by atoms with Crippen LogP contribution in [-0.2, 0) is 6.54 Å². The van der Waals surface area contributed by atoms with Gasteiger partial charge in [-0.3, -0.25) is 4.79 Å². The Morgan fingerprint density at radius 2 is 1.92 bits per heavy atom. The Labute approximate surface area is 141 Å². The number of ether oxygens (including phenoxy) is 3. The molecule has 1 aliphatic rings. The van der Waals surface area contributed by atoms with Crippen LogP contribution in [0.2, 0.25) is 0 Å². The van der Waals surface area contributed by atoms with Crippen molar-refractivity contribution in [1.82, 2.24) is 4.90 Å². The summed E-state index contributed by atoms with van der Waals surface area (Å²) in [5, 5.41) is 0. The summed E-state index contributed by atoms with van der Waals surface area (Å²) in [5.41, 5.74) is 1.63. The first-order valence-electron chi connectivity index (χ1n) is 8.03. The molecular formula is C19H21NO4. The Kier molecular flexibility index (Phi) is 4.89. The van der Waals surface area contributed by atoms with Gasteiger partial charge in [0, 0.05) is 18.7 Å². The van der Waals surface area contributed by atoms with E-state index >= 15 is 0 Å². The first kappa shape index (κ1) is 16.2. The van der Waals surface area contributed by atoms with Crippen molar-refractivity contribution in [3.63, 3.8) is 0 Å². The number of fused-ring (bicyclic) bond motifs is 1. The second-order valence-corrected chi connectivity index (χ2v) is 5.53. The van der Waals surface area contributed by atoms with Gasteiger partial charge in [0.1, 0.15) is 19.0 Å². The summed E-state index contributed by atoms with van der Waals surface area (Å²) < 4.78 is 16.3. The maximum atomic E-state index is 12.8. The van der Waals surface area contributed by atoms with E-state index in [2.05, 4.69) is 0 Å². The smallest absolute Gasteiger partial charge is 0.254 e. The zero-order valence-corrected chi connectivity index (χ0v) is 14.0. The summed E-state index contributed by atoms with van der Waals surface area (Å²) in [5.74, 6) is 2.15. The van der Waals surface area contributed by atoms with Gasteiger partial charge in [-0.1, -0.05) is 12.1 Å². The largest absolute Gasteiger partial charge is 0.497 e. The number of methoxy groups -OCH3 is 1. The molecule has 5 nitrogen and oxygen atoms in total. The minimum atomic E-state index is -0.0220. The van der Waals surface area contributed by atoms with Gasteiger partial charge in [0.05, 0.1) is 7.11 Å². The molecule has 0 bridgehead atoms. The summed E-state index contributed by atoms with van der Waals surface area (Å²) in [6.07, 6.45) is 0. The Hall–Kier alpha value is -2.69. The highest BCUT2D eigenvalue weighted by atomic mass is 16.6. The van der Waals surface area contributed by atoms with E-state index in [1.54, 1.807) is 24.1 Å². The van der Waals surface area contributed by atoms with Gasteiger partial charge in [0.15, 0.2) is 11.5 Å². The summed E-state index contributed by atoms with van der Waals surface area (Å²) in [7, 11) is 1.59. The monoisotopic (exact) mass is 327 g/mol. The molecule has 0 aromatic heterocycles. The van der Waals surface area contributed by atoms with E-state index in [-0.39, 0.29) is 5.91 Å². The van der Waals surface area contributed by atoms with Crippen LogP contribution >= 0.6 is 0 Å². The second-order valence-electron chi connectivity index (χ2n) is 5.53. The van der Waals surface area contributed by atoms with E-state index in [1.807, 2.05) is 37.3 Å². The number of carbonyl (C=O) groups is 1. The quantitative estimate of drug-likeness (QED) is 0.846. The molecule has 0 fully saturated rings. The molecule has 3 rings (SSSR count). The zero-order valence-electron chi connectivity index (χ0n) is 14.0. The molecule has 1 heterocycles. The van der Waals surface area contributed by atoms with Gasteiger partial charge in [-0.25, -0.2) is 0 Å². The molecule has 0 aliphatic carbocycles. The second kappa shape index (κ2) is 7.25. The lowest BCUT2D eigenvalue weighted by molar-refractivity contribution is 0.0752. The first-order chi connectivity index (χ1) is 11.7. The summed E-state index contributed by atoms with van der Waals surface area (Å²) in [6.45, 7) is 4.22. The Morgan fingerprint density at radius 3 is 2.67 bits per heavy atom. The predicted octanol–water partition coefficient (Wildman–Crippen LogP) is 3.13. The van der Waals surface area contributed by atoms with Gasteiger partial charge < -0.3 is 19.1 Å². The Balaban J connectivity index is 1.77. The average molecular weight is 327 g/mol. The number of carbonyl (C=O) groups excluding carboxylic acids is 1. The molecule has 2 aromatic rings. The molecule has 0 unspecified atom stereocenters. The summed E-state index contributed by atoms with van der Waals surface area (Å²) in [4.78, 5) is 14.5. The highest BCUT2D eigenvalue weighted by molar-refractivity contribution is 5.94. The van der Waals surface area contributed by atoms with E-state index in [9.17, 15) is 4.79 Å². The number of nitrogens with zero attached hydrogens (tertiary/aromatic N) is 1. The van der Waals surface area contributed by atoms with E-state index in [0.717, 1.165) is 17.1 Å². The third-order valence-corrected chi connectivity index (χ3v) is 3.97. The summed E-state index contributed by atoms with van der Waals surface area (Å²) >= 11 is 0. The third-order valence-electron chi connectivity index (χ3n) is 3.97. The molecule has 0 saturated carbocycles. The lowest BCUT2D eigenvalue weighted by atomic mass is 10.1. The lowest BCUT2D eigenvalue weighted by Crippen LogP contribution is -2.30. The van der Waals surface area contributed by atoms with Gasteiger partial charge in [-0.05, 0) is 42.8 Å². The fourth-order valence-corrected chi connectivity index (χ4v) is 2.67. The van der Waals surface area contributed by atoms with Gasteiger partial charge in [0.2, 0.25) is 0 Å². The molecule has 0 spiro atoms. The van der Waals surface area contributed by atoms with Crippen LogP contribution in [0, 0.1) is 0 Å². The fraction of sp³-hybridized carbons (Fsp3) is 0.316. The van der Waals surface area contributed by atoms with E-state index in [1.165, 1.54) is 0 Å². The van der Waals surface area contributed by atoms with Crippen LogP contribution in [0.3, 0.4) is 0 Å². The number of amides is 1. The standard InChI is InChI=1S/C19H21NO4/c1-3-20(19(21)15-5-4-6-16(12-15)22-2)13-14-7-8-17-18(11-14)24-10-9-23-17/h4-8,11-12H,3,9-10,13H2,1-2H3. The molecule has 24 heavy (non-hydrogen) atoms. The first-order valence-corrected chi connectivity index (χ1v) is 8.03. The zero-order chi connectivity index (χ0) is 16.9. The minimum Gasteiger partial charge on any atom is -0.497 e. The third kappa shape index (κ3) is 3.45. The van der Waals surface area contributed by atoms with E-state index in [4.69, 9.17) is 14.2 Å². The fourth-order valence-electron chi connectivity index (χ4n) is 2.67. The van der Waals surface area contributed by atoms with Crippen molar-refractivity contribution in [3.05, 3.63) is 53.6 Å². The molecule has 126 valence electrons. The topological polar surface area (TPSA) is 48.0 Å². The van der Waals surface area contributed by atoms with Crippen LogP contribution in [0.5, 0.6) is 17.2 Å². The Morgan fingerprint density at radius 1 is 1.12 bits per heavy atom. The minimum absolute atomic E-state index is 0.0220. The van der Waals surface area contributed by atoms with Crippen LogP contribution in [-0.4, -0.2) is 37.7 Å². The van der Waals surface area contributed by atoms with Crippen LogP contribution in [0.25, 0.3) is 0 Å². The predicted molar refractivity (Wildman–Crippen MR) is 90.8 cm³/mol. The van der Waals surface area contributed by atoms with Crippen molar-refractivity contribution in [3.8, 4) is 17.2 Å². The number of hydrogen-bond acceptors (Lipinski definition) is 4. The van der Waals surface area contributed by atoms with Crippen LogP contribution < -0.4 is 14.2 Å². The van der Waals surface area contributed by atoms with Crippen LogP contribution in [0.1, 0.15) is 22.8 Å². The SMILES string of the molecule is CCN(Cc1ccc2c(c1)OCCO2)C(=O)c1cccc(OC)c1. The number of hydrogen-bond donors (Lipinski definition) is 0. The molecule has 0 saturated heterocycles. The van der Waals surface area contributed by atoms with Gasteiger partial charge in [-0.2, -0.15) is 0 Å². The molecule has 2 aromatic carbocycles. The van der Waals surface area contributed by atoms with Crippen LogP contribution in [0.15, 0.2) is 42.5 Å². The average Bonchev–Trinajstić information content (AvgIpc) is 2.65. The van der Waals surface area contributed by atoms with Crippen molar-refractivity contribution in [2.75, 3.05) is 26.9 Å². The van der Waals surface area contributed by atoms with Crippen molar-refractivity contribution in [2.24, 2.45) is 0 Å². The molecule has 1 aliphatic heterocycles.